The van der Waals surface area contributed by atoms with Crippen LogP contribution >= 0.6 is 0 Å². The molecule has 0 radical (unpaired) electrons. The smallest absolute Gasteiger partial charge is 0.340 e. The van der Waals surface area contributed by atoms with Crippen LogP contribution in [0.25, 0.3) is 16.8 Å². The molecule has 0 bridgehead atoms. The molecule has 0 fully saturated rings. The maximum atomic E-state index is 12.3. The van der Waals surface area contributed by atoms with Crippen LogP contribution in [-0.4, -0.2) is 24.3 Å². The Morgan fingerprint density at radius 2 is 1.71 bits per heavy atom. The summed E-state index contributed by atoms with van der Waals surface area (Å²) in [5, 5.41) is 0. The van der Waals surface area contributed by atoms with Crippen molar-refractivity contribution in [3.05, 3.63) is 72.6 Å². The molecular formula is C20H19NO3. The lowest BCUT2D eigenvalue weighted by molar-refractivity contribution is 0.0527. The molecule has 3 aromatic rings. The highest BCUT2D eigenvalue weighted by Gasteiger charge is 2.17. The number of benzene rings is 2. The van der Waals surface area contributed by atoms with Gasteiger partial charge >= 0.3 is 5.97 Å². The SMILES string of the molecule is CCOC(=O)c1cn(-c2ccc(OC)cc2)cc1-c1ccccc1. The molecule has 0 aliphatic rings. The Morgan fingerprint density at radius 3 is 2.33 bits per heavy atom. The van der Waals surface area contributed by atoms with Gasteiger partial charge in [0, 0.05) is 23.6 Å². The Labute approximate surface area is 141 Å². The van der Waals surface area contributed by atoms with E-state index in [4.69, 9.17) is 9.47 Å². The van der Waals surface area contributed by atoms with Crippen LogP contribution in [0.1, 0.15) is 17.3 Å². The molecule has 3 rings (SSSR count). The van der Waals surface area contributed by atoms with Gasteiger partial charge in [0.25, 0.3) is 0 Å². The summed E-state index contributed by atoms with van der Waals surface area (Å²) in [5.41, 5.74) is 3.33. The van der Waals surface area contributed by atoms with Gasteiger partial charge in [0.05, 0.1) is 19.3 Å². The molecule has 0 saturated carbocycles. The summed E-state index contributed by atoms with van der Waals surface area (Å²) >= 11 is 0. The molecule has 0 aliphatic carbocycles. The Hall–Kier alpha value is -3.01. The number of rotatable bonds is 5. The molecule has 1 aromatic heterocycles. The Morgan fingerprint density at radius 1 is 1.00 bits per heavy atom. The lowest BCUT2D eigenvalue weighted by Crippen LogP contribution is -2.04. The van der Waals surface area contributed by atoms with Crippen molar-refractivity contribution in [1.82, 2.24) is 4.57 Å². The van der Waals surface area contributed by atoms with Crippen molar-refractivity contribution in [1.29, 1.82) is 0 Å². The molecule has 0 aliphatic heterocycles. The second-order valence-electron chi connectivity index (χ2n) is 5.28. The van der Waals surface area contributed by atoms with Crippen LogP contribution in [-0.2, 0) is 4.74 Å². The minimum Gasteiger partial charge on any atom is -0.497 e. The molecule has 4 nitrogen and oxygen atoms in total. The van der Waals surface area contributed by atoms with E-state index in [1.165, 1.54) is 0 Å². The van der Waals surface area contributed by atoms with E-state index in [0.717, 1.165) is 22.6 Å². The summed E-state index contributed by atoms with van der Waals surface area (Å²) in [5.74, 6) is 0.475. The van der Waals surface area contributed by atoms with Gasteiger partial charge < -0.3 is 14.0 Å². The highest BCUT2D eigenvalue weighted by molar-refractivity contribution is 5.97. The van der Waals surface area contributed by atoms with E-state index < -0.39 is 0 Å². The van der Waals surface area contributed by atoms with Gasteiger partial charge in [-0.2, -0.15) is 0 Å². The lowest BCUT2D eigenvalue weighted by atomic mass is 10.1. The van der Waals surface area contributed by atoms with Gasteiger partial charge in [0.15, 0.2) is 0 Å². The number of carbonyl (C=O) groups excluding carboxylic acids is 1. The molecule has 122 valence electrons. The van der Waals surface area contributed by atoms with Crippen LogP contribution < -0.4 is 4.74 Å². The van der Waals surface area contributed by atoms with Gasteiger partial charge in [-0.25, -0.2) is 4.79 Å². The highest BCUT2D eigenvalue weighted by atomic mass is 16.5. The van der Waals surface area contributed by atoms with E-state index in [-0.39, 0.29) is 5.97 Å². The van der Waals surface area contributed by atoms with Gasteiger partial charge in [0.2, 0.25) is 0 Å². The molecule has 0 spiro atoms. The molecule has 0 saturated heterocycles. The zero-order chi connectivity index (χ0) is 16.9. The summed E-state index contributed by atoms with van der Waals surface area (Å²) < 4.78 is 12.3. The number of ether oxygens (including phenoxy) is 2. The van der Waals surface area contributed by atoms with Crippen molar-refractivity contribution in [3.63, 3.8) is 0 Å². The Kier molecular flexibility index (Phi) is 4.66. The number of carbonyl (C=O) groups is 1. The third-order valence-corrected chi connectivity index (χ3v) is 3.78. The second-order valence-corrected chi connectivity index (χ2v) is 5.28. The summed E-state index contributed by atoms with van der Waals surface area (Å²) in [4.78, 5) is 12.3. The van der Waals surface area contributed by atoms with Crippen LogP contribution in [0.3, 0.4) is 0 Å². The predicted molar refractivity (Wildman–Crippen MR) is 93.7 cm³/mol. The summed E-state index contributed by atoms with van der Waals surface area (Å²) in [7, 11) is 1.64. The van der Waals surface area contributed by atoms with Crippen molar-refractivity contribution in [2.24, 2.45) is 0 Å². The van der Waals surface area contributed by atoms with Gasteiger partial charge in [-0.3, -0.25) is 0 Å². The van der Waals surface area contributed by atoms with E-state index in [1.807, 2.05) is 71.6 Å². The van der Waals surface area contributed by atoms with Crippen molar-refractivity contribution < 1.29 is 14.3 Å². The Bertz CT molecular complexity index is 820. The minimum absolute atomic E-state index is 0.316. The summed E-state index contributed by atoms with van der Waals surface area (Å²) in [6, 6.07) is 17.5. The predicted octanol–water partition coefficient (Wildman–Crippen LogP) is 4.33. The van der Waals surface area contributed by atoms with Gasteiger partial charge in [0.1, 0.15) is 5.75 Å². The number of nitrogens with zero attached hydrogens (tertiary/aromatic N) is 1. The third kappa shape index (κ3) is 3.18. The highest BCUT2D eigenvalue weighted by Crippen LogP contribution is 2.28. The van der Waals surface area contributed by atoms with E-state index in [0.29, 0.717) is 12.2 Å². The van der Waals surface area contributed by atoms with Crippen LogP contribution in [0.5, 0.6) is 5.75 Å². The molecular weight excluding hydrogens is 302 g/mol. The van der Waals surface area contributed by atoms with Gasteiger partial charge in [-0.15, -0.1) is 0 Å². The molecule has 0 unspecified atom stereocenters. The maximum absolute atomic E-state index is 12.3. The van der Waals surface area contributed by atoms with Gasteiger partial charge in [-0.1, -0.05) is 30.3 Å². The van der Waals surface area contributed by atoms with Crippen molar-refractivity contribution in [3.8, 4) is 22.6 Å². The summed E-state index contributed by atoms with van der Waals surface area (Å²) in [6.07, 6.45) is 3.76. The molecule has 0 atom stereocenters. The summed E-state index contributed by atoms with van der Waals surface area (Å²) in [6.45, 7) is 2.15. The van der Waals surface area contributed by atoms with E-state index in [1.54, 1.807) is 14.0 Å². The number of esters is 1. The molecule has 1 heterocycles. The van der Waals surface area contributed by atoms with Gasteiger partial charge in [-0.05, 0) is 36.8 Å². The van der Waals surface area contributed by atoms with Crippen molar-refractivity contribution in [2.75, 3.05) is 13.7 Å². The zero-order valence-electron chi connectivity index (χ0n) is 13.7. The second kappa shape index (κ2) is 7.04. The fourth-order valence-electron chi connectivity index (χ4n) is 2.58. The first-order chi connectivity index (χ1) is 11.7. The van der Waals surface area contributed by atoms with Crippen LogP contribution in [0.4, 0.5) is 0 Å². The molecule has 0 amide bonds. The van der Waals surface area contributed by atoms with Crippen molar-refractivity contribution in [2.45, 2.75) is 6.92 Å². The van der Waals surface area contributed by atoms with Crippen molar-refractivity contribution >= 4 is 5.97 Å². The first-order valence-corrected chi connectivity index (χ1v) is 7.82. The van der Waals surface area contributed by atoms with E-state index in [2.05, 4.69) is 0 Å². The first kappa shape index (κ1) is 15.9. The van der Waals surface area contributed by atoms with E-state index >= 15 is 0 Å². The normalized spacial score (nSPS) is 10.4. The average molecular weight is 321 g/mol. The monoisotopic (exact) mass is 321 g/mol. The van der Waals surface area contributed by atoms with Crippen LogP contribution in [0.15, 0.2) is 67.0 Å². The average Bonchev–Trinajstić information content (AvgIpc) is 3.08. The molecule has 0 N–H and O–H groups in total. The lowest BCUT2D eigenvalue weighted by Gasteiger charge is -2.04. The third-order valence-electron chi connectivity index (χ3n) is 3.78. The number of aromatic nitrogens is 1. The van der Waals surface area contributed by atoms with E-state index in [9.17, 15) is 4.79 Å². The molecule has 24 heavy (non-hydrogen) atoms. The topological polar surface area (TPSA) is 40.5 Å². The minimum atomic E-state index is -0.316. The number of hydrogen-bond acceptors (Lipinski definition) is 3. The van der Waals surface area contributed by atoms with Crippen LogP contribution in [0.2, 0.25) is 0 Å². The number of methoxy groups -OCH3 is 1. The standard InChI is InChI=1S/C20H19NO3/c1-3-24-20(22)19-14-21(16-9-11-17(23-2)12-10-16)13-18(19)15-7-5-4-6-8-15/h4-14H,3H2,1-2H3. The maximum Gasteiger partial charge on any atom is 0.340 e. The Balaban J connectivity index is 2.06. The fraction of sp³-hybridized carbons (Fsp3) is 0.150. The number of hydrogen-bond donors (Lipinski definition) is 0. The molecule has 2 aromatic carbocycles. The first-order valence-electron chi connectivity index (χ1n) is 7.82. The van der Waals surface area contributed by atoms with Crippen LogP contribution in [0, 0.1) is 0 Å². The molecule has 4 heteroatoms. The largest absolute Gasteiger partial charge is 0.497 e. The quantitative estimate of drug-likeness (QED) is 0.657. The fourth-order valence-corrected chi connectivity index (χ4v) is 2.58. The zero-order valence-corrected chi connectivity index (χ0v) is 13.7.